The maximum absolute atomic E-state index is 12.0. The first-order valence-electron chi connectivity index (χ1n) is 5.94. The molecule has 20 heavy (non-hydrogen) atoms. The lowest BCUT2D eigenvalue weighted by molar-refractivity contribution is -0.119. The molecule has 0 bridgehead atoms. The second-order valence-corrected chi connectivity index (χ2v) is 7.62. The van der Waals surface area contributed by atoms with Crippen molar-refractivity contribution in [3.05, 3.63) is 23.2 Å². The highest BCUT2D eigenvalue weighted by Gasteiger charge is 2.28. The Balaban J connectivity index is 2.12. The first-order chi connectivity index (χ1) is 9.27. The molecule has 1 aromatic carbocycles. The standard InChI is InChI=1S/C12H13Cl2NO4S/c1-7-4-8(6-19-7)12(16)15-11-3-2-9(5-10(11)13)20(14,17)18/h2-3,5,7-8H,4,6H2,1H3,(H,15,16). The summed E-state index contributed by atoms with van der Waals surface area (Å²) in [6.07, 6.45) is 0.711. The zero-order valence-corrected chi connectivity index (χ0v) is 12.9. The summed E-state index contributed by atoms with van der Waals surface area (Å²) in [5.41, 5.74) is 0.347. The van der Waals surface area contributed by atoms with Crippen LogP contribution in [0.2, 0.25) is 5.02 Å². The molecule has 0 radical (unpaired) electrons. The summed E-state index contributed by atoms with van der Waals surface area (Å²) < 4.78 is 27.7. The highest BCUT2D eigenvalue weighted by Crippen LogP contribution is 2.28. The van der Waals surface area contributed by atoms with Crippen molar-refractivity contribution in [1.82, 2.24) is 0 Å². The molecule has 1 fully saturated rings. The maximum atomic E-state index is 12.0. The van der Waals surface area contributed by atoms with Crippen LogP contribution in [0.1, 0.15) is 13.3 Å². The molecule has 2 atom stereocenters. The Hall–Kier alpha value is -0.820. The van der Waals surface area contributed by atoms with Gasteiger partial charge in [0, 0.05) is 10.7 Å². The number of ether oxygens (including phenoxy) is 1. The van der Waals surface area contributed by atoms with Gasteiger partial charge in [0.05, 0.1) is 34.2 Å². The van der Waals surface area contributed by atoms with Crippen LogP contribution >= 0.6 is 22.3 Å². The van der Waals surface area contributed by atoms with E-state index in [1.165, 1.54) is 18.2 Å². The average Bonchev–Trinajstić information content (AvgIpc) is 2.77. The van der Waals surface area contributed by atoms with E-state index in [1.54, 1.807) is 0 Å². The van der Waals surface area contributed by atoms with Crippen molar-refractivity contribution in [3.63, 3.8) is 0 Å². The number of hydrogen-bond acceptors (Lipinski definition) is 4. The monoisotopic (exact) mass is 337 g/mol. The Morgan fingerprint density at radius 3 is 2.65 bits per heavy atom. The van der Waals surface area contributed by atoms with Gasteiger partial charge in [0.25, 0.3) is 9.05 Å². The third kappa shape index (κ3) is 3.63. The average molecular weight is 338 g/mol. The molecule has 0 aromatic heterocycles. The van der Waals surface area contributed by atoms with Gasteiger partial charge in [0.15, 0.2) is 0 Å². The van der Waals surface area contributed by atoms with Crippen LogP contribution in [-0.2, 0) is 18.6 Å². The SMILES string of the molecule is CC1CC(C(=O)Nc2ccc(S(=O)(=O)Cl)cc2Cl)CO1. The minimum absolute atomic E-state index is 0.0602. The molecule has 2 rings (SSSR count). The lowest BCUT2D eigenvalue weighted by Gasteiger charge is -2.11. The second kappa shape index (κ2) is 5.89. The predicted octanol–water partition coefficient (Wildman–Crippen LogP) is 2.63. The van der Waals surface area contributed by atoms with Gasteiger partial charge in [0.1, 0.15) is 0 Å². The number of nitrogens with one attached hydrogen (secondary N) is 1. The van der Waals surface area contributed by atoms with Crippen molar-refractivity contribution < 1.29 is 17.9 Å². The molecule has 1 heterocycles. The molecule has 0 aliphatic carbocycles. The highest BCUT2D eigenvalue weighted by molar-refractivity contribution is 8.13. The van der Waals surface area contributed by atoms with Gasteiger partial charge >= 0.3 is 0 Å². The number of anilines is 1. The number of amides is 1. The van der Waals surface area contributed by atoms with Crippen LogP contribution in [0.15, 0.2) is 23.1 Å². The van der Waals surface area contributed by atoms with E-state index < -0.39 is 9.05 Å². The summed E-state index contributed by atoms with van der Waals surface area (Å²) in [6.45, 7) is 2.28. The van der Waals surface area contributed by atoms with Gasteiger partial charge < -0.3 is 10.1 Å². The summed E-state index contributed by atoms with van der Waals surface area (Å²) in [7, 11) is 1.38. The van der Waals surface area contributed by atoms with Crippen molar-refractivity contribution in [2.45, 2.75) is 24.3 Å². The van der Waals surface area contributed by atoms with Crippen molar-refractivity contribution in [1.29, 1.82) is 0 Å². The molecule has 8 heteroatoms. The van der Waals surface area contributed by atoms with Crippen LogP contribution in [0, 0.1) is 5.92 Å². The fraction of sp³-hybridized carbons (Fsp3) is 0.417. The van der Waals surface area contributed by atoms with Gasteiger partial charge in [0.2, 0.25) is 5.91 Å². The number of carbonyl (C=O) groups is 1. The van der Waals surface area contributed by atoms with Gasteiger partial charge in [-0.25, -0.2) is 8.42 Å². The van der Waals surface area contributed by atoms with Crippen molar-refractivity contribution in [3.8, 4) is 0 Å². The fourth-order valence-electron chi connectivity index (χ4n) is 1.98. The van der Waals surface area contributed by atoms with Gasteiger partial charge in [-0.05, 0) is 31.5 Å². The normalized spacial score (nSPS) is 22.8. The number of rotatable bonds is 3. The fourth-order valence-corrected chi connectivity index (χ4v) is 3.05. The van der Waals surface area contributed by atoms with Crippen LogP contribution in [0.5, 0.6) is 0 Å². The summed E-state index contributed by atoms with van der Waals surface area (Å²) in [5, 5.41) is 2.78. The molecule has 1 aromatic rings. The first kappa shape index (κ1) is 15.6. The molecule has 0 spiro atoms. The molecule has 1 amide bonds. The number of halogens is 2. The number of carbonyl (C=O) groups excluding carboxylic acids is 1. The topological polar surface area (TPSA) is 72.5 Å². The Morgan fingerprint density at radius 2 is 2.15 bits per heavy atom. The summed E-state index contributed by atoms with van der Waals surface area (Å²) in [6, 6.07) is 3.90. The summed E-state index contributed by atoms with van der Waals surface area (Å²) >= 11 is 5.95. The zero-order valence-electron chi connectivity index (χ0n) is 10.6. The molecule has 1 N–H and O–H groups in total. The van der Waals surface area contributed by atoms with E-state index in [4.69, 9.17) is 27.0 Å². The third-order valence-corrected chi connectivity index (χ3v) is 4.71. The van der Waals surface area contributed by atoms with E-state index in [0.29, 0.717) is 18.7 Å². The minimum atomic E-state index is -3.84. The smallest absolute Gasteiger partial charge is 0.261 e. The van der Waals surface area contributed by atoms with Crippen molar-refractivity contribution in [2.75, 3.05) is 11.9 Å². The molecule has 1 aliphatic rings. The van der Waals surface area contributed by atoms with Crippen LogP contribution in [-0.4, -0.2) is 27.0 Å². The molecule has 1 saturated heterocycles. The predicted molar refractivity (Wildman–Crippen MR) is 76.6 cm³/mol. The second-order valence-electron chi connectivity index (χ2n) is 4.65. The Kier molecular flexibility index (Phi) is 4.59. The van der Waals surface area contributed by atoms with Crippen LogP contribution < -0.4 is 5.32 Å². The molecular formula is C12H13Cl2NO4S. The molecule has 2 unspecified atom stereocenters. The van der Waals surface area contributed by atoms with E-state index in [1.807, 2.05) is 6.92 Å². The van der Waals surface area contributed by atoms with Crippen molar-refractivity contribution in [2.24, 2.45) is 5.92 Å². The molecular weight excluding hydrogens is 325 g/mol. The van der Waals surface area contributed by atoms with E-state index in [9.17, 15) is 13.2 Å². The lowest BCUT2D eigenvalue weighted by Crippen LogP contribution is -2.23. The number of hydrogen-bond donors (Lipinski definition) is 1. The van der Waals surface area contributed by atoms with Crippen LogP contribution in [0.4, 0.5) is 5.69 Å². The summed E-state index contributed by atoms with van der Waals surface area (Å²) in [5.74, 6) is -0.421. The van der Waals surface area contributed by atoms with E-state index >= 15 is 0 Å². The Labute approximate surface area is 126 Å². The van der Waals surface area contributed by atoms with Gasteiger partial charge in [-0.1, -0.05) is 11.6 Å². The largest absolute Gasteiger partial charge is 0.378 e. The van der Waals surface area contributed by atoms with Gasteiger partial charge in [-0.3, -0.25) is 4.79 Å². The van der Waals surface area contributed by atoms with Crippen LogP contribution in [0.25, 0.3) is 0 Å². The quantitative estimate of drug-likeness (QED) is 0.860. The molecule has 1 aliphatic heterocycles. The molecule has 0 saturated carbocycles. The van der Waals surface area contributed by atoms with E-state index in [0.717, 1.165) is 0 Å². The number of benzene rings is 1. The molecule has 5 nitrogen and oxygen atoms in total. The van der Waals surface area contributed by atoms with Gasteiger partial charge in [-0.15, -0.1) is 0 Å². The molecule has 110 valence electrons. The third-order valence-electron chi connectivity index (χ3n) is 3.05. The van der Waals surface area contributed by atoms with E-state index in [-0.39, 0.29) is 27.8 Å². The zero-order chi connectivity index (χ0) is 14.9. The Bertz CT molecular complexity index is 632. The van der Waals surface area contributed by atoms with Crippen LogP contribution in [0.3, 0.4) is 0 Å². The maximum Gasteiger partial charge on any atom is 0.261 e. The minimum Gasteiger partial charge on any atom is -0.378 e. The van der Waals surface area contributed by atoms with Gasteiger partial charge in [-0.2, -0.15) is 0 Å². The highest BCUT2D eigenvalue weighted by atomic mass is 35.7. The van der Waals surface area contributed by atoms with Crippen molar-refractivity contribution >= 4 is 42.9 Å². The Morgan fingerprint density at radius 1 is 1.45 bits per heavy atom. The lowest BCUT2D eigenvalue weighted by atomic mass is 10.1. The van der Waals surface area contributed by atoms with E-state index in [2.05, 4.69) is 5.32 Å². The first-order valence-corrected chi connectivity index (χ1v) is 8.63. The summed E-state index contributed by atoms with van der Waals surface area (Å²) in [4.78, 5) is 11.9.